The number of likely N-dealkylation sites (tertiary alicyclic amines) is 1. The largest absolute Gasteiger partial charge is 0.490 e. The fourth-order valence-corrected chi connectivity index (χ4v) is 3.06. The number of furan rings is 1. The summed E-state index contributed by atoms with van der Waals surface area (Å²) in [5.74, 6) is 0.676. The summed E-state index contributed by atoms with van der Waals surface area (Å²) in [6.45, 7) is 2.55. The van der Waals surface area contributed by atoms with Crippen LogP contribution < -0.4 is 4.74 Å². The summed E-state index contributed by atoms with van der Waals surface area (Å²) in [6, 6.07) is 5.42. The zero-order chi connectivity index (χ0) is 15.5. The van der Waals surface area contributed by atoms with Crippen molar-refractivity contribution in [2.45, 2.75) is 12.8 Å². The Morgan fingerprint density at radius 1 is 1.27 bits per heavy atom. The lowest BCUT2D eigenvalue weighted by atomic mass is 10.1. The van der Waals surface area contributed by atoms with Crippen LogP contribution in [-0.2, 0) is 4.74 Å². The fourth-order valence-electron chi connectivity index (χ4n) is 2.66. The molecule has 0 bridgehead atoms. The van der Waals surface area contributed by atoms with E-state index in [0.29, 0.717) is 34.8 Å². The van der Waals surface area contributed by atoms with Gasteiger partial charge in [0.25, 0.3) is 5.91 Å². The Bertz CT molecular complexity index is 676. The molecular formula is C16H18BrNO4. The van der Waals surface area contributed by atoms with E-state index in [1.54, 1.807) is 19.2 Å². The number of carbonyl (C=O) groups excluding carboxylic acids is 1. The predicted octanol–water partition coefficient (Wildman–Crippen LogP) is 3.46. The fraction of sp³-hybridized carbons (Fsp3) is 0.438. The first kappa shape index (κ1) is 15.4. The first-order valence-electron chi connectivity index (χ1n) is 7.33. The zero-order valence-corrected chi connectivity index (χ0v) is 14.0. The summed E-state index contributed by atoms with van der Waals surface area (Å²) < 4.78 is 17.0. The number of hydrogen-bond acceptors (Lipinski definition) is 4. The summed E-state index contributed by atoms with van der Waals surface area (Å²) in [4.78, 5) is 14.4. The second-order valence-corrected chi connectivity index (χ2v) is 6.06. The summed E-state index contributed by atoms with van der Waals surface area (Å²) in [7, 11) is 1.63. The minimum Gasteiger partial charge on any atom is -0.490 e. The van der Waals surface area contributed by atoms with Gasteiger partial charge in [0.2, 0.25) is 0 Å². The average Bonchev–Trinajstić information content (AvgIpc) is 3.14. The van der Waals surface area contributed by atoms with Gasteiger partial charge in [-0.05, 0) is 40.9 Å². The molecule has 0 aliphatic carbocycles. The highest BCUT2D eigenvalue weighted by Crippen LogP contribution is 2.33. The average molecular weight is 368 g/mol. The van der Waals surface area contributed by atoms with Crippen molar-refractivity contribution in [2.24, 2.45) is 0 Å². The first-order valence-corrected chi connectivity index (χ1v) is 8.12. The first-order chi connectivity index (χ1) is 10.7. The smallest absolute Gasteiger partial charge is 0.254 e. The third-order valence-electron chi connectivity index (χ3n) is 3.75. The lowest BCUT2D eigenvalue weighted by Gasteiger charge is -2.16. The van der Waals surface area contributed by atoms with Gasteiger partial charge in [0, 0.05) is 31.8 Å². The lowest BCUT2D eigenvalue weighted by Crippen LogP contribution is -2.27. The van der Waals surface area contributed by atoms with Gasteiger partial charge in [-0.15, -0.1) is 0 Å². The molecule has 0 radical (unpaired) electrons. The van der Waals surface area contributed by atoms with Gasteiger partial charge in [0.05, 0.1) is 12.0 Å². The monoisotopic (exact) mass is 367 g/mol. The predicted molar refractivity (Wildman–Crippen MR) is 86.4 cm³/mol. The van der Waals surface area contributed by atoms with E-state index in [0.717, 1.165) is 31.3 Å². The number of carbonyl (C=O) groups is 1. The van der Waals surface area contributed by atoms with Crippen LogP contribution in [0.4, 0.5) is 0 Å². The van der Waals surface area contributed by atoms with E-state index >= 15 is 0 Å². The number of amides is 1. The molecule has 0 N–H and O–H groups in total. The maximum absolute atomic E-state index is 12.6. The number of ether oxygens (including phenoxy) is 2. The van der Waals surface area contributed by atoms with Crippen LogP contribution in [0.1, 0.15) is 23.2 Å². The van der Waals surface area contributed by atoms with Gasteiger partial charge in [0.1, 0.15) is 17.9 Å². The number of nitrogens with zero attached hydrogens (tertiary/aromatic N) is 1. The maximum Gasteiger partial charge on any atom is 0.254 e. The lowest BCUT2D eigenvalue weighted by molar-refractivity contribution is 0.0792. The number of fused-ring (bicyclic) bond motifs is 1. The van der Waals surface area contributed by atoms with Crippen LogP contribution in [0, 0.1) is 0 Å². The zero-order valence-electron chi connectivity index (χ0n) is 12.4. The normalized spacial score (nSPS) is 14.7. The molecule has 1 aliphatic rings. The molecule has 1 aromatic carbocycles. The minimum atomic E-state index is 0.0310. The molecule has 0 spiro atoms. The van der Waals surface area contributed by atoms with Crippen LogP contribution >= 0.6 is 15.9 Å². The van der Waals surface area contributed by atoms with Gasteiger partial charge >= 0.3 is 0 Å². The molecule has 2 aromatic rings. The Kier molecular flexibility index (Phi) is 4.69. The number of methoxy groups -OCH3 is 1. The highest BCUT2D eigenvalue weighted by Gasteiger charge is 2.22. The number of benzene rings is 1. The van der Waals surface area contributed by atoms with Gasteiger partial charge in [-0.25, -0.2) is 0 Å². The molecule has 0 atom stereocenters. The molecule has 1 saturated heterocycles. The van der Waals surface area contributed by atoms with Crippen molar-refractivity contribution in [1.82, 2.24) is 4.90 Å². The third kappa shape index (κ3) is 3.13. The van der Waals surface area contributed by atoms with E-state index in [1.165, 1.54) is 0 Å². The van der Waals surface area contributed by atoms with Gasteiger partial charge < -0.3 is 18.8 Å². The van der Waals surface area contributed by atoms with Crippen molar-refractivity contribution in [3.05, 3.63) is 28.4 Å². The quantitative estimate of drug-likeness (QED) is 0.759. The van der Waals surface area contributed by atoms with E-state index < -0.39 is 0 Å². The Balaban J connectivity index is 1.94. The maximum atomic E-state index is 12.6. The molecule has 118 valence electrons. The second kappa shape index (κ2) is 6.71. The number of hydrogen-bond donors (Lipinski definition) is 0. The minimum absolute atomic E-state index is 0.0310. The van der Waals surface area contributed by atoms with Crippen LogP contribution in [-0.4, -0.2) is 44.2 Å². The SMILES string of the molecule is COCCOc1cc(C(=O)N2CCCC2)cc2oc(Br)cc12. The van der Waals surface area contributed by atoms with E-state index in [2.05, 4.69) is 15.9 Å². The molecule has 0 unspecified atom stereocenters. The Morgan fingerprint density at radius 3 is 2.77 bits per heavy atom. The Hall–Kier alpha value is -1.53. The van der Waals surface area contributed by atoms with E-state index in [4.69, 9.17) is 13.9 Å². The van der Waals surface area contributed by atoms with Crippen molar-refractivity contribution in [3.63, 3.8) is 0 Å². The van der Waals surface area contributed by atoms with Gasteiger partial charge in [-0.3, -0.25) is 4.79 Å². The van der Waals surface area contributed by atoms with Crippen molar-refractivity contribution < 1.29 is 18.7 Å². The van der Waals surface area contributed by atoms with Gasteiger partial charge in [-0.1, -0.05) is 0 Å². The molecule has 1 amide bonds. The topological polar surface area (TPSA) is 51.9 Å². The number of rotatable bonds is 5. The highest BCUT2D eigenvalue weighted by molar-refractivity contribution is 9.10. The van der Waals surface area contributed by atoms with E-state index in [1.807, 2.05) is 11.0 Å². The summed E-state index contributed by atoms with van der Waals surface area (Å²) >= 11 is 3.33. The Morgan fingerprint density at radius 2 is 2.05 bits per heavy atom. The molecule has 22 heavy (non-hydrogen) atoms. The van der Waals surface area contributed by atoms with Crippen LogP contribution in [0.5, 0.6) is 5.75 Å². The molecule has 6 heteroatoms. The Labute approximate surface area is 137 Å². The summed E-state index contributed by atoms with van der Waals surface area (Å²) in [5.41, 5.74) is 1.24. The molecule has 1 aliphatic heterocycles. The van der Waals surface area contributed by atoms with Crippen molar-refractivity contribution in [2.75, 3.05) is 33.4 Å². The third-order valence-corrected chi connectivity index (χ3v) is 4.15. The molecule has 2 heterocycles. The van der Waals surface area contributed by atoms with Gasteiger partial charge in [-0.2, -0.15) is 0 Å². The van der Waals surface area contributed by atoms with Crippen LogP contribution in [0.15, 0.2) is 27.3 Å². The standard InChI is InChI=1S/C16H18BrNO4/c1-20-6-7-21-13-8-11(16(19)18-4-2-3-5-18)9-14-12(13)10-15(17)22-14/h8-10H,2-7H2,1H3. The highest BCUT2D eigenvalue weighted by atomic mass is 79.9. The molecule has 0 saturated carbocycles. The van der Waals surface area contributed by atoms with Crippen LogP contribution in [0.25, 0.3) is 11.0 Å². The van der Waals surface area contributed by atoms with Crippen molar-refractivity contribution in [1.29, 1.82) is 0 Å². The number of halogens is 1. The van der Waals surface area contributed by atoms with Crippen molar-refractivity contribution in [3.8, 4) is 5.75 Å². The van der Waals surface area contributed by atoms with Crippen LogP contribution in [0.3, 0.4) is 0 Å². The summed E-state index contributed by atoms with van der Waals surface area (Å²) in [6.07, 6.45) is 2.13. The van der Waals surface area contributed by atoms with Gasteiger partial charge in [0.15, 0.2) is 4.67 Å². The van der Waals surface area contributed by atoms with E-state index in [9.17, 15) is 4.79 Å². The molecule has 1 aromatic heterocycles. The second-order valence-electron chi connectivity index (χ2n) is 5.28. The summed E-state index contributed by atoms with van der Waals surface area (Å²) in [5, 5.41) is 0.848. The van der Waals surface area contributed by atoms with E-state index in [-0.39, 0.29) is 5.91 Å². The molecule has 3 rings (SSSR count). The molecular weight excluding hydrogens is 350 g/mol. The molecule has 1 fully saturated rings. The van der Waals surface area contributed by atoms with Crippen LogP contribution in [0.2, 0.25) is 0 Å². The molecule has 5 nitrogen and oxygen atoms in total. The van der Waals surface area contributed by atoms with Crippen molar-refractivity contribution >= 4 is 32.8 Å².